The van der Waals surface area contributed by atoms with E-state index in [1.807, 2.05) is 315 Å². The van der Waals surface area contributed by atoms with Crippen LogP contribution in [0.3, 0.4) is 0 Å². The van der Waals surface area contributed by atoms with Gasteiger partial charge in [-0.05, 0) is 261 Å². The van der Waals surface area contributed by atoms with E-state index in [1.54, 1.807) is 0 Å². The maximum Gasteiger partial charge on any atom is 0.530 e. The van der Waals surface area contributed by atoms with Crippen LogP contribution >= 0.6 is 34.4 Å². The summed E-state index contributed by atoms with van der Waals surface area (Å²) >= 11 is 0. The fraction of sp³-hybridized carbons (Fsp3) is 0.200. The van der Waals surface area contributed by atoms with E-state index in [4.69, 9.17) is 54.3 Å². The van der Waals surface area contributed by atoms with Crippen LogP contribution < -0.4 is 69.0 Å². The van der Waals surface area contributed by atoms with E-state index in [9.17, 15) is 0 Å². The van der Waals surface area contributed by atoms with Crippen molar-refractivity contribution in [3.05, 3.63) is 343 Å². The second-order valence-corrected chi connectivity index (χ2v) is 30.2. The van der Waals surface area contributed by atoms with E-state index >= 15 is 0 Å². The molecule has 109 heavy (non-hydrogen) atoms. The summed E-state index contributed by atoms with van der Waals surface area (Å²) in [5.74, 6) is 8.80. The van der Waals surface area contributed by atoms with Gasteiger partial charge in [-0.1, -0.05) is 162 Å². The van der Waals surface area contributed by atoms with Crippen LogP contribution in [0.25, 0.3) is 0 Å². The van der Waals surface area contributed by atoms with Gasteiger partial charge in [-0.3, -0.25) is 0 Å². The predicted octanol–water partition coefficient (Wildman–Crippen LogP) is 25.5. The normalized spacial score (nSPS) is 12.9. The highest BCUT2D eigenvalue weighted by Gasteiger charge is 2.26. The van der Waals surface area contributed by atoms with Crippen molar-refractivity contribution in [2.75, 3.05) is 54.0 Å². The van der Waals surface area contributed by atoms with Crippen LogP contribution in [0.5, 0.6) is 69.0 Å². The number of para-hydroxylation sites is 6. The largest absolute Gasteiger partial charge is 0.530 e. The molecule has 15 rings (SSSR count). The third kappa shape index (κ3) is 25.2. The number of anilines is 3. The van der Waals surface area contributed by atoms with Crippen LogP contribution in [0, 0.1) is 41.5 Å². The molecule has 0 saturated carbocycles. The summed E-state index contributed by atoms with van der Waals surface area (Å²) in [6.45, 7) is 18.9. The van der Waals surface area contributed by atoms with Gasteiger partial charge in [0.25, 0.3) is 0 Å². The van der Waals surface area contributed by atoms with Gasteiger partial charge >= 0.3 is 34.4 Å². The summed E-state index contributed by atoms with van der Waals surface area (Å²) in [7, 11) is -6.54. The number of aryl methyl sites for hydroxylation is 6. The number of hydrogen-bond acceptors (Lipinski definition) is 15. The molecular formula is C90H93N3O12P4. The van der Waals surface area contributed by atoms with Gasteiger partial charge in [-0.25, -0.2) is 0 Å². The average molecular weight is 1530 g/mol. The topological polar surface area (TPSA) is 120 Å². The van der Waals surface area contributed by atoms with Gasteiger partial charge in [0, 0.05) is 56.3 Å². The third-order valence-electron chi connectivity index (χ3n) is 17.6. The maximum atomic E-state index is 6.28. The molecule has 0 atom stereocenters. The number of nitrogens with zero attached hydrogens (tertiary/aromatic N) is 3. The molecule has 0 spiro atoms. The molecule has 3 aliphatic rings. The van der Waals surface area contributed by atoms with E-state index < -0.39 is 34.4 Å². The molecule has 0 radical (unpaired) electrons. The quantitative estimate of drug-likeness (QED) is 0.0454. The Kier molecular flexibility index (Phi) is 29.4. The molecule has 3 heterocycles. The Hall–Kier alpha value is -10.6. The molecule has 0 aromatic heterocycles. The fourth-order valence-electron chi connectivity index (χ4n) is 11.5. The van der Waals surface area contributed by atoms with Gasteiger partial charge in [0.15, 0.2) is 0 Å². The van der Waals surface area contributed by atoms with Crippen molar-refractivity contribution in [2.45, 2.75) is 80.1 Å². The molecule has 15 nitrogen and oxygen atoms in total. The molecule has 12 aromatic carbocycles. The van der Waals surface area contributed by atoms with Crippen LogP contribution in [0.1, 0.15) is 71.9 Å². The maximum absolute atomic E-state index is 6.28. The van der Waals surface area contributed by atoms with Crippen LogP contribution in [-0.2, 0) is 0 Å². The Bertz CT molecular complexity index is 4150. The summed E-state index contributed by atoms with van der Waals surface area (Å²) < 4.78 is 72.5. The van der Waals surface area contributed by atoms with E-state index in [-0.39, 0.29) is 0 Å². The highest BCUT2D eigenvalue weighted by molar-refractivity contribution is 7.44. The highest BCUT2D eigenvalue weighted by Crippen LogP contribution is 2.48. The molecule has 3 saturated heterocycles. The zero-order chi connectivity index (χ0) is 75.2. The van der Waals surface area contributed by atoms with Crippen molar-refractivity contribution >= 4 is 51.5 Å². The zero-order valence-electron chi connectivity index (χ0n) is 62.5. The fourth-order valence-corrected chi connectivity index (χ4v) is 15.7. The lowest BCUT2D eigenvalue weighted by molar-refractivity contribution is 0.384. The molecule has 19 heteroatoms. The number of benzene rings is 12. The van der Waals surface area contributed by atoms with Crippen molar-refractivity contribution in [1.29, 1.82) is 0 Å². The Morgan fingerprint density at radius 1 is 0.183 bits per heavy atom. The lowest BCUT2D eigenvalue weighted by atomic mass is 10.2. The summed E-state index contributed by atoms with van der Waals surface area (Å²) in [4.78, 5) is 7.26. The first kappa shape index (κ1) is 78.0. The van der Waals surface area contributed by atoms with Crippen LogP contribution in [0.15, 0.2) is 309 Å². The minimum absolute atomic E-state index is 0.709. The molecular weight excluding hydrogens is 1440 g/mol. The molecule has 0 N–H and O–H groups in total. The Morgan fingerprint density at radius 2 is 0.358 bits per heavy atom. The highest BCUT2D eigenvalue weighted by atomic mass is 31.2. The average Bonchev–Trinajstić information content (AvgIpc) is 1.67. The summed E-state index contributed by atoms with van der Waals surface area (Å²) in [5, 5.41) is 0. The second kappa shape index (κ2) is 41.1. The first-order valence-corrected chi connectivity index (χ1v) is 41.2. The molecule has 560 valence electrons. The summed E-state index contributed by atoms with van der Waals surface area (Å²) in [5.41, 5.74) is 10.4. The van der Waals surface area contributed by atoms with Crippen molar-refractivity contribution in [2.24, 2.45) is 0 Å². The summed E-state index contributed by atoms with van der Waals surface area (Å²) in [6.07, 6.45) is 7.57. The third-order valence-corrected chi connectivity index (χ3v) is 21.9. The van der Waals surface area contributed by atoms with E-state index in [1.165, 1.54) is 72.3 Å². The van der Waals surface area contributed by atoms with Gasteiger partial charge in [0.2, 0.25) is 0 Å². The monoisotopic (exact) mass is 1530 g/mol. The Labute approximate surface area is 647 Å². The summed E-state index contributed by atoms with van der Waals surface area (Å²) in [6, 6.07) is 100. The first-order chi connectivity index (χ1) is 53.4. The molecule has 0 bridgehead atoms. The Balaban J connectivity index is 0.000000139. The first-order valence-electron chi connectivity index (χ1n) is 36.9. The molecule has 3 fully saturated rings. The second-order valence-electron chi connectivity index (χ2n) is 26.2. The zero-order valence-corrected chi connectivity index (χ0v) is 66.0. The minimum atomic E-state index is -1.69. The van der Waals surface area contributed by atoms with E-state index in [0.717, 1.165) is 108 Å². The van der Waals surface area contributed by atoms with Crippen LogP contribution in [0.4, 0.5) is 17.1 Å². The van der Waals surface area contributed by atoms with Crippen LogP contribution in [-0.4, -0.2) is 39.3 Å². The van der Waals surface area contributed by atoms with Crippen molar-refractivity contribution in [3.63, 3.8) is 0 Å². The van der Waals surface area contributed by atoms with Crippen molar-refractivity contribution < 1.29 is 54.3 Å². The molecule has 3 aliphatic heterocycles. The SMILES string of the molecule is Cc1ccc(OP(Oc2ccc(C)cc2)Oc2ccc(C)cc2)cc1.Cc1ccccc1OP(Oc1ccccc1C)Oc1ccccc1C.c1cc(N2CCCC2)ccc1OP(Oc1ccc(N2CCCC2)cc1)Oc1ccc(N2CCCC2)cc1.c1ccc(OP(Oc2ccccc2)Oc2ccccc2)cc1. The smallest absolute Gasteiger partial charge is 0.409 e. The van der Waals surface area contributed by atoms with Gasteiger partial charge in [0.1, 0.15) is 69.0 Å². The van der Waals surface area contributed by atoms with Crippen LogP contribution in [0.2, 0.25) is 0 Å². The number of hydrogen-bond donors (Lipinski definition) is 0. The molecule has 0 amide bonds. The lowest BCUT2D eigenvalue weighted by Gasteiger charge is -2.21. The number of rotatable bonds is 27. The van der Waals surface area contributed by atoms with Crippen molar-refractivity contribution in [1.82, 2.24) is 0 Å². The lowest BCUT2D eigenvalue weighted by Crippen LogP contribution is -2.17. The molecule has 12 aromatic rings. The van der Waals surface area contributed by atoms with Crippen molar-refractivity contribution in [3.8, 4) is 69.0 Å². The standard InChI is InChI=1S/C30H36N3O3P.2C21H21O3P.C18H15O3P/c1-2-20-31(19-1)25-7-13-28(14-8-25)34-37(35-29-15-9-26(10-16-29)32-21-3-4-22-32)36-30-17-11-27(12-18-30)33-23-5-6-24-33;1-16-4-10-19(11-5-16)22-25(23-20-12-6-17(2)7-13-20)24-21-14-8-18(3)9-15-21;1-16-10-4-7-13-19(16)22-25(23-20-14-8-5-11-17(20)2)24-21-15-9-6-12-18(21)3;1-4-10-16(11-5-1)19-22(20-17-12-6-2-7-13-17)21-18-14-8-3-9-15-18/h7-18H,1-6,19-24H2;2*4-15H,1-3H3;1-15H. The van der Waals surface area contributed by atoms with E-state index in [0.29, 0.717) is 17.2 Å². The Morgan fingerprint density at radius 3 is 0.569 bits per heavy atom. The predicted molar refractivity (Wildman–Crippen MR) is 445 cm³/mol. The van der Waals surface area contributed by atoms with Gasteiger partial charge in [-0.15, -0.1) is 0 Å². The van der Waals surface area contributed by atoms with E-state index in [2.05, 4.69) is 51.1 Å². The van der Waals surface area contributed by atoms with Gasteiger partial charge in [-0.2, -0.15) is 0 Å². The van der Waals surface area contributed by atoms with Gasteiger partial charge < -0.3 is 69.0 Å². The molecule has 0 aliphatic carbocycles. The minimum Gasteiger partial charge on any atom is -0.409 e. The molecule has 0 unspecified atom stereocenters. The van der Waals surface area contributed by atoms with Gasteiger partial charge in [0.05, 0.1) is 0 Å².